The number of aryl methyl sites for hydroxylation is 1. The quantitative estimate of drug-likeness (QED) is 0.925. The lowest BCUT2D eigenvalue weighted by atomic mass is 9.98. The van der Waals surface area contributed by atoms with Gasteiger partial charge in [0.2, 0.25) is 0 Å². The summed E-state index contributed by atoms with van der Waals surface area (Å²) in [4.78, 5) is 19.1. The fourth-order valence-electron chi connectivity index (χ4n) is 4.20. The van der Waals surface area contributed by atoms with Gasteiger partial charge in [0.25, 0.3) is 5.91 Å². The topological polar surface area (TPSA) is 59.2 Å². The fraction of sp³-hybridized carbons (Fsp3) is 0.400. The molecule has 24 heavy (non-hydrogen) atoms. The number of pyridine rings is 1. The lowest BCUT2D eigenvalue weighted by molar-refractivity contribution is 0.0779. The van der Waals surface area contributed by atoms with Crippen LogP contribution in [0.25, 0.3) is 11.1 Å². The predicted octanol–water partition coefficient (Wildman–Crippen LogP) is 2.87. The molecule has 1 aromatic carbocycles. The van der Waals surface area contributed by atoms with Crippen LogP contribution in [0.5, 0.6) is 0 Å². The first-order chi connectivity index (χ1) is 11.6. The third kappa shape index (κ3) is 2.71. The molecule has 1 aromatic heterocycles. The summed E-state index contributed by atoms with van der Waals surface area (Å²) >= 11 is 0. The molecule has 1 aliphatic heterocycles. The second kappa shape index (κ2) is 6.02. The highest BCUT2D eigenvalue weighted by atomic mass is 16.2. The van der Waals surface area contributed by atoms with Crippen LogP contribution < -0.4 is 5.73 Å². The Morgan fingerprint density at radius 1 is 1.17 bits per heavy atom. The molecule has 0 radical (unpaired) electrons. The first-order valence-electron chi connectivity index (χ1n) is 8.69. The molecule has 3 unspecified atom stereocenters. The second-order valence-corrected chi connectivity index (χ2v) is 7.21. The van der Waals surface area contributed by atoms with Crippen molar-refractivity contribution in [3.63, 3.8) is 0 Å². The van der Waals surface area contributed by atoms with Crippen LogP contribution in [0.1, 0.15) is 28.8 Å². The molecular weight excluding hydrogens is 298 g/mol. The minimum Gasteiger partial charge on any atom is -0.338 e. The van der Waals surface area contributed by atoms with Crippen LogP contribution in [-0.4, -0.2) is 34.9 Å². The minimum atomic E-state index is 0.0820. The van der Waals surface area contributed by atoms with E-state index in [-0.39, 0.29) is 11.9 Å². The maximum absolute atomic E-state index is 12.9. The van der Waals surface area contributed by atoms with Crippen LogP contribution in [0.4, 0.5) is 0 Å². The number of rotatable bonds is 2. The zero-order chi connectivity index (χ0) is 16.7. The van der Waals surface area contributed by atoms with Gasteiger partial charge in [0.05, 0.1) is 5.56 Å². The lowest BCUT2D eigenvalue weighted by Crippen LogP contribution is -2.33. The van der Waals surface area contributed by atoms with E-state index in [9.17, 15) is 4.79 Å². The monoisotopic (exact) mass is 321 g/mol. The molecule has 0 bridgehead atoms. The summed E-state index contributed by atoms with van der Waals surface area (Å²) < 4.78 is 0. The van der Waals surface area contributed by atoms with Crippen LogP contribution >= 0.6 is 0 Å². The maximum Gasteiger partial charge on any atom is 0.255 e. The van der Waals surface area contributed by atoms with Crippen molar-refractivity contribution in [2.75, 3.05) is 13.1 Å². The Kier molecular flexibility index (Phi) is 3.85. The number of aromatic nitrogens is 1. The molecule has 4 heteroatoms. The second-order valence-electron chi connectivity index (χ2n) is 7.21. The van der Waals surface area contributed by atoms with Crippen molar-refractivity contribution >= 4 is 5.91 Å². The van der Waals surface area contributed by atoms with Gasteiger partial charge in [0, 0.05) is 37.1 Å². The first-order valence-corrected chi connectivity index (χ1v) is 8.69. The number of carbonyl (C=O) groups excluding carboxylic acids is 1. The van der Waals surface area contributed by atoms with E-state index in [1.807, 2.05) is 23.2 Å². The summed E-state index contributed by atoms with van der Waals surface area (Å²) in [5.41, 5.74) is 10.1. The van der Waals surface area contributed by atoms with E-state index in [1.165, 1.54) is 5.56 Å². The molecule has 2 N–H and O–H groups in total. The SMILES string of the molecule is Cc1cccc(-c2cncc(C(=O)N3CC4CCC(N)C4C3)c2)c1. The number of benzene rings is 1. The zero-order valence-electron chi connectivity index (χ0n) is 14.0. The van der Waals surface area contributed by atoms with Gasteiger partial charge in [0.15, 0.2) is 0 Å². The Labute approximate surface area is 142 Å². The molecule has 1 aliphatic carbocycles. The Morgan fingerprint density at radius 3 is 2.83 bits per heavy atom. The highest BCUT2D eigenvalue weighted by Gasteiger charge is 2.42. The molecule has 2 fully saturated rings. The molecule has 124 valence electrons. The summed E-state index contributed by atoms with van der Waals surface area (Å²) in [5, 5.41) is 0. The van der Waals surface area contributed by atoms with Gasteiger partial charge in [-0.1, -0.05) is 29.8 Å². The Balaban J connectivity index is 1.57. The molecule has 4 nitrogen and oxygen atoms in total. The van der Waals surface area contributed by atoms with E-state index in [1.54, 1.807) is 6.20 Å². The van der Waals surface area contributed by atoms with E-state index < -0.39 is 0 Å². The molecule has 3 atom stereocenters. The fourth-order valence-corrected chi connectivity index (χ4v) is 4.20. The van der Waals surface area contributed by atoms with Gasteiger partial charge in [-0.25, -0.2) is 0 Å². The smallest absolute Gasteiger partial charge is 0.255 e. The van der Waals surface area contributed by atoms with Crippen LogP contribution in [-0.2, 0) is 0 Å². The number of nitrogens with zero attached hydrogens (tertiary/aromatic N) is 2. The zero-order valence-corrected chi connectivity index (χ0v) is 14.0. The van der Waals surface area contributed by atoms with E-state index in [2.05, 4.69) is 30.1 Å². The van der Waals surface area contributed by atoms with Crippen molar-refractivity contribution in [1.82, 2.24) is 9.88 Å². The number of likely N-dealkylation sites (tertiary alicyclic amines) is 1. The average molecular weight is 321 g/mol. The normalized spacial score (nSPS) is 25.8. The standard InChI is InChI=1S/C20H23N3O/c1-13-3-2-4-14(7-13)16-8-17(10-22-9-16)20(24)23-11-15-5-6-19(21)18(15)12-23/h2-4,7-10,15,18-19H,5-6,11-12,21H2,1H3. The lowest BCUT2D eigenvalue weighted by Gasteiger charge is -2.19. The summed E-state index contributed by atoms with van der Waals surface area (Å²) in [6, 6.07) is 10.5. The summed E-state index contributed by atoms with van der Waals surface area (Å²) in [6.45, 7) is 3.70. The number of amides is 1. The van der Waals surface area contributed by atoms with Crippen LogP contribution in [0.2, 0.25) is 0 Å². The highest BCUT2D eigenvalue weighted by Crippen LogP contribution is 2.37. The van der Waals surface area contributed by atoms with Gasteiger partial charge in [-0.05, 0) is 43.2 Å². The Bertz CT molecular complexity index is 773. The Morgan fingerprint density at radius 2 is 2.04 bits per heavy atom. The van der Waals surface area contributed by atoms with Crippen LogP contribution in [0, 0.1) is 18.8 Å². The van der Waals surface area contributed by atoms with Gasteiger partial charge in [0.1, 0.15) is 0 Å². The van der Waals surface area contributed by atoms with Gasteiger partial charge in [-0.2, -0.15) is 0 Å². The first kappa shape index (κ1) is 15.3. The van der Waals surface area contributed by atoms with Crippen LogP contribution in [0.3, 0.4) is 0 Å². The molecule has 1 saturated carbocycles. The molecule has 2 aliphatic rings. The van der Waals surface area contributed by atoms with Gasteiger partial charge in [-0.3, -0.25) is 9.78 Å². The summed E-state index contributed by atoms with van der Waals surface area (Å²) in [5.74, 6) is 1.14. The molecule has 4 rings (SSSR count). The van der Waals surface area contributed by atoms with E-state index >= 15 is 0 Å². The molecule has 0 spiro atoms. The number of nitrogens with two attached hydrogens (primary N) is 1. The third-order valence-electron chi connectivity index (χ3n) is 5.54. The van der Waals surface area contributed by atoms with Gasteiger partial charge < -0.3 is 10.6 Å². The molecule has 1 amide bonds. The minimum absolute atomic E-state index is 0.0820. The van der Waals surface area contributed by atoms with E-state index in [0.29, 0.717) is 17.4 Å². The number of hydrogen-bond donors (Lipinski definition) is 1. The summed E-state index contributed by atoms with van der Waals surface area (Å²) in [7, 11) is 0. The third-order valence-corrected chi connectivity index (χ3v) is 5.54. The van der Waals surface area contributed by atoms with Gasteiger partial charge in [-0.15, -0.1) is 0 Å². The molecular formula is C20H23N3O. The van der Waals surface area contributed by atoms with Crippen molar-refractivity contribution in [1.29, 1.82) is 0 Å². The van der Waals surface area contributed by atoms with Crippen molar-refractivity contribution in [3.05, 3.63) is 53.9 Å². The van der Waals surface area contributed by atoms with Crippen molar-refractivity contribution in [2.45, 2.75) is 25.8 Å². The maximum atomic E-state index is 12.9. The van der Waals surface area contributed by atoms with E-state index in [4.69, 9.17) is 5.73 Å². The largest absolute Gasteiger partial charge is 0.338 e. The summed E-state index contributed by atoms with van der Waals surface area (Å²) in [6.07, 6.45) is 5.74. The molecule has 2 heterocycles. The average Bonchev–Trinajstić information content (AvgIpc) is 3.17. The number of carbonyl (C=O) groups is 1. The predicted molar refractivity (Wildman–Crippen MR) is 94.5 cm³/mol. The van der Waals surface area contributed by atoms with E-state index in [0.717, 1.165) is 37.1 Å². The van der Waals surface area contributed by atoms with Gasteiger partial charge >= 0.3 is 0 Å². The van der Waals surface area contributed by atoms with Crippen molar-refractivity contribution in [3.8, 4) is 11.1 Å². The molecule has 2 aromatic rings. The molecule has 1 saturated heterocycles. The Hall–Kier alpha value is -2.20. The number of fused-ring (bicyclic) bond motifs is 1. The van der Waals surface area contributed by atoms with Crippen molar-refractivity contribution in [2.24, 2.45) is 17.6 Å². The van der Waals surface area contributed by atoms with Crippen LogP contribution in [0.15, 0.2) is 42.7 Å². The van der Waals surface area contributed by atoms with Crippen molar-refractivity contribution < 1.29 is 4.79 Å². The highest BCUT2D eigenvalue weighted by molar-refractivity contribution is 5.95. The number of hydrogen-bond acceptors (Lipinski definition) is 3.